The molecule has 0 aliphatic heterocycles. The Morgan fingerprint density at radius 3 is 2.12 bits per heavy atom. The van der Waals surface area contributed by atoms with Crippen LogP contribution in [0.5, 0.6) is 0 Å². The Labute approximate surface area is 156 Å². The Kier molecular flexibility index (Phi) is 7.66. The van der Waals surface area contributed by atoms with Crippen LogP contribution in [0.1, 0.15) is 60.8 Å². The molecule has 0 bridgehead atoms. The maximum atomic E-state index is 12.9. The fourth-order valence-electron chi connectivity index (χ4n) is 3.35. The summed E-state index contributed by atoms with van der Waals surface area (Å²) in [5, 5.41) is 21.7. The molecule has 146 valence electrons. The minimum Gasteiger partial charge on any atom is -0.389 e. The molecule has 5 heteroatoms. The third kappa shape index (κ3) is 4.77. The largest absolute Gasteiger partial charge is 0.389 e. The molecule has 5 nitrogen and oxygen atoms in total. The van der Waals surface area contributed by atoms with Crippen LogP contribution >= 0.6 is 0 Å². The highest BCUT2D eigenvalue weighted by molar-refractivity contribution is 6.27. The summed E-state index contributed by atoms with van der Waals surface area (Å²) in [5.74, 6) is -4.47. The monoisotopic (exact) mass is 364 g/mol. The van der Waals surface area contributed by atoms with Crippen molar-refractivity contribution < 1.29 is 24.6 Å². The highest BCUT2D eigenvalue weighted by atomic mass is 16.4. The van der Waals surface area contributed by atoms with Crippen LogP contribution in [0.4, 0.5) is 0 Å². The molecule has 1 aliphatic rings. The standard InChI is InChI=1S/C21H32O5/c1-12(2)7-9-15-19(24)18(16(22)11-14(5)6)20(25)21(15,26)17(23)10-8-13(3)4/h7-8,14-15,17-18,23,26H,9-11H2,1-6H3. The van der Waals surface area contributed by atoms with Gasteiger partial charge in [0, 0.05) is 6.42 Å². The molecule has 26 heavy (non-hydrogen) atoms. The molecule has 1 saturated carbocycles. The fraction of sp³-hybridized carbons (Fsp3) is 0.667. The van der Waals surface area contributed by atoms with Crippen LogP contribution in [0, 0.1) is 17.8 Å². The van der Waals surface area contributed by atoms with Gasteiger partial charge in [-0.15, -0.1) is 0 Å². The molecular weight excluding hydrogens is 332 g/mol. The topological polar surface area (TPSA) is 91.7 Å². The maximum Gasteiger partial charge on any atom is 0.185 e. The quantitative estimate of drug-likeness (QED) is 0.510. The van der Waals surface area contributed by atoms with Gasteiger partial charge in [0.1, 0.15) is 5.92 Å². The lowest BCUT2D eigenvalue weighted by Gasteiger charge is -2.31. The molecule has 4 unspecified atom stereocenters. The molecule has 0 radical (unpaired) electrons. The van der Waals surface area contributed by atoms with Crippen LogP contribution in [-0.4, -0.2) is 39.3 Å². The van der Waals surface area contributed by atoms with E-state index >= 15 is 0 Å². The number of carbonyl (C=O) groups excluding carboxylic acids is 3. The summed E-state index contributed by atoms with van der Waals surface area (Å²) < 4.78 is 0. The number of aliphatic hydroxyl groups is 2. The number of allylic oxidation sites excluding steroid dienone is 3. The van der Waals surface area contributed by atoms with Gasteiger partial charge in [0.25, 0.3) is 0 Å². The molecule has 0 saturated heterocycles. The molecule has 0 amide bonds. The van der Waals surface area contributed by atoms with Gasteiger partial charge in [-0.2, -0.15) is 0 Å². The van der Waals surface area contributed by atoms with Gasteiger partial charge >= 0.3 is 0 Å². The lowest BCUT2D eigenvalue weighted by molar-refractivity contribution is -0.155. The molecule has 2 N–H and O–H groups in total. The van der Waals surface area contributed by atoms with Crippen molar-refractivity contribution in [2.75, 3.05) is 0 Å². The highest BCUT2D eigenvalue weighted by Crippen LogP contribution is 2.41. The summed E-state index contributed by atoms with van der Waals surface area (Å²) in [6, 6.07) is 0. The van der Waals surface area contributed by atoms with E-state index in [1.54, 1.807) is 12.2 Å². The van der Waals surface area contributed by atoms with E-state index in [0.717, 1.165) is 11.1 Å². The number of carbonyl (C=O) groups is 3. The van der Waals surface area contributed by atoms with Crippen LogP contribution in [-0.2, 0) is 14.4 Å². The average Bonchev–Trinajstić information content (AvgIpc) is 2.69. The summed E-state index contributed by atoms with van der Waals surface area (Å²) in [5.41, 5.74) is -0.368. The van der Waals surface area contributed by atoms with Gasteiger partial charge in [-0.1, -0.05) is 37.1 Å². The van der Waals surface area contributed by atoms with Crippen LogP contribution in [0.2, 0.25) is 0 Å². The fourth-order valence-corrected chi connectivity index (χ4v) is 3.35. The van der Waals surface area contributed by atoms with E-state index in [2.05, 4.69) is 0 Å². The van der Waals surface area contributed by atoms with E-state index in [1.807, 2.05) is 41.5 Å². The van der Waals surface area contributed by atoms with Crippen molar-refractivity contribution >= 4 is 17.3 Å². The van der Waals surface area contributed by atoms with Crippen LogP contribution in [0.15, 0.2) is 23.3 Å². The van der Waals surface area contributed by atoms with Gasteiger partial charge in [0.05, 0.1) is 12.0 Å². The average molecular weight is 364 g/mol. The lowest BCUT2D eigenvalue weighted by Crippen LogP contribution is -2.52. The predicted molar refractivity (Wildman–Crippen MR) is 101 cm³/mol. The van der Waals surface area contributed by atoms with Gasteiger partial charge in [-0.05, 0) is 46.5 Å². The van der Waals surface area contributed by atoms with E-state index in [4.69, 9.17) is 0 Å². The van der Waals surface area contributed by atoms with Gasteiger partial charge in [0.15, 0.2) is 23.0 Å². The Morgan fingerprint density at radius 2 is 1.65 bits per heavy atom. The normalized spacial score (nSPS) is 26.8. The molecule has 4 atom stereocenters. The smallest absolute Gasteiger partial charge is 0.185 e. The molecule has 0 spiro atoms. The van der Waals surface area contributed by atoms with Crippen molar-refractivity contribution in [3.05, 3.63) is 23.3 Å². The Balaban J connectivity index is 3.30. The molecular formula is C21H32O5. The van der Waals surface area contributed by atoms with Crippen molar-refractivity contribution in [3.63, 3.8) is 0 Å². The van der Waals surface area contributed by atoms with E-state index in [-0.39, 0.29) is 25.2 Å². The molecule has 0 aromatic carbocycles. The number of hydrogen-bond acceptors (Lipinski definition) is 5. The number of ketones is 3. The number of Topliss-reactive ketones (excluding diaryl/α,β-unsaturated/α-hetero) is 3. The Bertz CT molecular complexity index is 620. The van der Waals surface area contributed by atoms with Gasteiger partial charge in [-0.25, -0.2) is 0 Å². The Hall–Kier alpha value is -1.59. The molecule has 0 heterocycles. The van der Waals surface area contributed by atoms with Crippen molar-refractivity contribution in [1.82, 2.24) is 0 Å². The van der Waals surface area contributed by atoms with Crippen LogP contribution in [0.3, 0.4) is 0 Å². The summed E-state index contributed by atoms with van der Waals surface area (Å²) in [7, 11) is 0. The van der Waals surface area contributed by atoms with E-state index < -0.39 is 40.9 Å². The van der Waals surface area contributed by atoms with Crippen molar-refractivity contribution in [3.8, 4) is 0 Å². The highest BCUT2D eigenvalue weighted by Gasteiger charge is 2.63. The van der Waals surface area contributed by atoms with Gasteiger partial charge in [-0.3, -0.25) is 14.4 Å². The lowest BCUT2D eigenvalue weighted by atomic mass is 9.80. The first-order valence-corrected chi connectivity index (χ1v) is 9.20. The second-order valence-corrected chi connectivity index (χ2v) is 8.19. The van der Waals surface area contributed by atoms with E-state index in [1.165, 1.54) is 0 Å². The third-order valence-corrected chi connectivity index (χ3v) is 4.77. The zero-order valence-electron chi connectivity index (χ0n) is 16.7. The van der Waals surface area contributed by atoms with Crippen molar-refractivity contribution in [2.45, 2.75) is 72.5 Å². The van der Waals surface area contributed by atoms with Crippen molar-refractivity contribution in [1.29, 1.82) is 0 Å². The summed E-state index contributed by atoms with van der Waals surface area (Å²) in [6.07, 6.45) is 2.30. The van der Waals surface area contributed by atoms with Gasteiger partial charge in [0.2, 0.25) is 0 Å². The Morgan fingerprint density at radius 1 is 1.12 bits per heavy atom. The number of hydrogen-bond donors (Lipinski definition) is 2. The van der Waals surface area contributed by atoms with Gasteiger partial charge < -0.3 is 10.2 Å². The zero-order valence-corrected chi connectivity index (χ0v) is 16.7. The minimum absolute atomic E-state index is 0.00335. The SMILES string of the molecule is CC(C)=CCC(O)C1(O)C(=O)C(C(=O)CC(C)C)C(=O)C1CC=C(C)C. The summed E-state index contributed by atoms with van der Waals surface area (Å²) >= 11 is 0. The summed E-state index contributed by atoms with van der Waals surface area (Å²) in [4.78, 5) is 38.2. The van der Waals surface area contributed by atoms with E-state index in [9.17, 15) is 24.6 Å². The first-order chi connectivity index (χ1) is 11.9. The number of aliphatic hydroxyl groups excluding tert-OH is 1. The molecule has 0 aromatic rings. The van der Waals surface area contributed by atoms with Crippen LogP contribution in [0.25, 0.3) is 0 Å². The van der Waals surface area contributed by atoms with Crippen LogP contribution < -0.4 is 0 Å². The second-order valence-electron chi connectivity index (χ2n) is 8.19. The first-order valence-electron chi connectivity index (χ1n) is 9.20. The molecule has 1 aliphatic carbocycles. The minimum atomic E-state index is -2.23. The maximum absolute atomic E-state index is 12.9. The molecule has 1 fully saturated rings. The molecule has 0 aromatic heterocycles. The summed E-state index contributed by atoms with van der Waals surface area (Å²) in [6.45, 7) is 11.0. The first kappa shape index (κ1) is 22.5. The second kappa shape index (κ2) is 8.87. The third-order valence-electron chi connectivity index (χ3n) is 4.77. The molecule has 1 rings (SSSR count). The van der Waals surface area contributed by atoms with Crippen molar-refractivity contribution in [2.24, 2.45) is 17.8 Å². The number of rotatable bonds is 8. The predicted octanol–water partition coefficient (Wildman–Crippen LogP) is 2.79. The van der Waals surface area contributed by atoms with E-state index in [0.29, 0.717) is 0 Å². The zero-order chi connectivity index (χ0) is 20.2.